The molecule has 0 bridgehead atoms. The normalized spacial score (nSPS) is 20.3. The minimum atomic E-state index is -0.0807. The predicted molar refractivity (Wildman–Crippen MR) is 118 cm³/mol. The van der Waals surface area contributed by atoms with Crippen molar-refractivity contribution in [2.45, 2.75) is 57.7 Å². The number of anilines is 2. The fraction of sp³-hybridized carbons (Fsp3) is 0.458. The lowest BCUT2D eigenvalue weighted by Gasteiger charge is -2.35. The van der Waals surface area contributed by atoms with Crippen molar-refractivity contribution in [2.75, 3.05) is 17.3 Å². The van der Waals surface area contributed by atoms with Crippen molar-refractivity contribution in [3.05, 3.63) is 53.7 Å². The summed E-state index contributed by atoms with van der Waals surface area (Å²) in [5.74, 6) is 1.42. The van der Waals surface area contributed by atoms with Crippen LogP contribution in [0.3, 0.4) is 0 Å². The van der Waals surface area contributed by atoms with Gasteiger partial charge < -0.3 is 15.1 Å². The number of rotatable bonds is 5. The molecule has 1 saturated carbocycles. The van der Waals surface area contributed by atoms with Crippen LogP contribution < -0.4 is 10.2 Å². The smallest absolute Gasteiger partial charge is 0.321 e. The Morgan fingerprint density at radius 3 is 2.77 bits per heavy atom. The van der Waals surface area contributed by atoms with Crippen molar-refractivity contribution >= 4 is 17.5 Å². The average molecular weight is 404 g/mol. The van der Waals surface area contributed by atoms with Crippen molar-refractivity contribution in [1.82, 2.24) is 9.88 Å². The van der Waals surface area contributed by atoms with Crippen LogP contribution in [0.2, 0.25) is 0 Å². The van der Waals surface area contributed by atoms with Crippen molar-refractivity contribution in [3.63, 3.8) is 0 Å². The molecule has 2 aromatic rings. The Morgan fingerprint density at radius 2 is 2.03 bits per heavy atom. The van der Waals surface area contributed by atoms with Gasteiger partial charge >= 0.3 is 6.03 Å². The molecule has 1 aromatic carbocycles. The molecule has 2 atom stereocenters. The number of nitriles is 1. The Kier molecular flexibility index (Phi) is 6.18. The van der Waals surface area contributed by atoms with Gasteiger partial charge in [-0.05, 0) is 42.4 Å². The predicted octanol–water partition coefficient (Wildman–Crippen LogP) is 4.93. The number of carbonyl (C=O) groups excluding carboxylic acids is 1. The van der Waals surface area contributed by atoms with E-state index in [0.717, 1.165) is 50.3 Å². The van der Waals surface area contributed by atoms with Gasteiger partial charge in [0.15, 0.2) is 0 Å². The lowest BCUT2D eigenvalue weighted by atomic mass is 9.82. The summed E-state index contributed by atoms with van der Waals surface area (Å²) in [5, 5.41) is 11.9. The second-order valence-corrected chi connectivity index (χ2v) is 8.45. The summed E-state index contributed by atoms with van der Waals surface area (Å²) in [4.78, 5) is 21.5. The standard InChI is InChI=1S/C24H29N5O/c1-28(22-10-4-6-18(14-22)7-5-12-25)24(30)27-21-11-13-26-23(15-21)29-16-19-8-2-3-9-20(19)17-29/h2-3,8-9,11,13,15,18,22H,4-7,10,14,16-17H2,1H3,(H,26,27,30)/t18?,22-/m1/s1. The van der Waals surface area contributed by atoms with E-state index < -0.39 is 0 Å². The number of urea groups is 1. The van der Waals surface area contributed by atoms with Crippen molar-refractivity contribution in [1.29, 1.82) is 5.26 Å². The highest BCUT2D eigenvalue weighted by Crippen LogP contribution is 2.31. The first-order valence-corrected chi connectivity index (χ1v) is 10.8. The van der Waals surface area contributed by atoms with Crippen LogP contribution in [0.15, 0.2) is 42.6 Å². The molecule has 0 saturated heterocycles. The molecule has 2 aliphatic rings. The van der Waals surface area contributed by atoms with E-state index in [9.17, 15) is 4.79 Å². The maximum atomic E-state index is 12.9. The van der Waals surface area contributed by atoms with Gasteiger partial charge in [0.1, 0.15) is 5.82 Å². The number of aromatic nitrogens is 1. The number of carbonyl (C=O) groups is 1. The number of nitrogens with one attached hydrogen (secondary N) is 1. The summed E-state index contributed by atoms with van der Waals surface area (Å²) in [6.45, 7) is 1.68. The highest BCUT2D eigenvalue weighted by molar-refractivity contribution is 5.89. The molecule has 2 amide bonds. The van der Waals surface area contributed by atoms with Gasteiger partial charge in [0.25, 0.3) is 0 Å². The Labute approximate surface area is 178 Å². The van der Waals surface area contributed by atoms with Gasteiger partial charge in [0.05, 0.1) is 6.07 Å². The van der Waals surface area contributed by atoms with E-state index in [2.05, 4.69) is 45.5 Å². The maximum Gasteiger partial charge on any atom is 0.321 e. The molecular formula is C24H29N5O. The highest BCUT2D eigenvalue weighted by Gasteiger charge is 2.27. The van der Waals surface area contributed by atoms with Crippen LogP contribution in [0.4, 0.5) is 16.3 Å². The van der Waals surface area contributed by atoms with E-state index in [-0.39, 0.29) is 12.1 Å². The molecule has 1 unspecified atom stereocenters. The third kappa shape index (κ3) is 4.56. The Balaban J connectivity index is 1.37. The highest BCUT2D eigenvalue weighted by atomic mass is 16.2. The summed E-state index contributed by atoms with van der Waals surface area (Å²) in [7, 11) is 1.88. The van der Waals surface area contributed by atoms with Crippen molar-refractivity contribution < 1.29 is 4.79 Å². The molecule has 156 valence electrons. The minimum absolute atomic E-state index is 0.0807. The SMILES string of the molecule is CN(C(=O)Nc1ccnc(N2Cc3ccccc3C2)c1)[C@@H]1CCCC(CCC#N)C1. The fourth-order valence-corrected chi connectivity index (χ4v) is 4.69. The molecule has 2 heterocycles. The van der Waals surface area contributed by atoms with Crippen LogP contribution in [-0.4, -0.2) is 29.0 Å². The van der Waals surface area contributed by atoms with E-state index in [1.165, 1.54) is 17.5 Å². The van der Waals surface area contributed by atoms with E-state index >= 15 is 0 Å². The number of hydrogen-bond donors (Lipinski definition) is 1. The summed E-state index contributed by atoms with van der Waals surface area (Å²) in [6.07, 6.45) is 7.60. The summed E-state index contributed by atoms with van der Waals surface area (Å²) < 4.78 is 0. The Bertz CT molecular complexity index is 912. The quantitative estimate of drug-likeness (QED) is 0.768. The fourth-order valence-electron chi connectivity index (χ4n) is 4.69. The summed E-state index contributed by atoms with van der Waals surface area (Å²) in [6, 6.07) is 14.6. The van der Waals surface area contributed by atoms with Gasteiger partial charge in [-0.3, -0.25) is 0 Å². The number of hydrogen-bond acceptors (Lipinski definition) is 4. The molecule has 1 aliphatic heterocycles. The van der Waals surface area contributed by atoms with Gasteiger partial charge in [0, 0.05) is 50.6 Å². The molecule has 30 heavy (non-hydrogen) atoms. The van der Waals surface area contributed by atoms with Crippen LogP contribution in [0.1, 0.15) is 49.7 Å². The number of benzene rings is 1. The first-order chi connectivity index (χ1) is 14.6. The molecule has 1 aromatic heterocycles. The molecule has 6 nitrogen and oxygen atoms in total. The van der Waals surface area contributed by atoms with E-state index in [0.29, 0.717) is 12.3 Å². The van der Waals surface area contributed by atoms with E-state index in [4.69, 9.17) is 5.26 Å². The molecule has 4 rings (SSSR count). The summed E-state index contributed by atoms with van der Waals surface area (Å²) in [5.41, 5.74) is 3.43. The average Bonchev–Trinajstić information content (AvgIpc) is 3.22. The first kappa shape index (κ1) is 20.2. The molecule has 0 spiro atoms. The zero-order valence-corrected chi connectivity index (χ0v) is 17.6. The molecule has 1 aliphatic carbocycles. The van der Waals surface area contributed by atoms with Gasteiger partial charge in [0.2, 0.25) is 0 Å². The second kappa shape index (κ2) is 9.17. The molecular weight excluding hydrogens is 374 g/mol. The monoisotopic (exact) mass is 403 g/mol. The number of amides is 2. The van der Waals surface area contributed by atoms with Crippen LogP contribution >= 0.6 is 0 Å². The lowest BCUT2D eigenvalue weighted by molar-refractivity contribution is 0.164. The topological polar surface area (TPSA) is 72.3 Å². The number of nitrogens with zero attached hydrogens (tertiary/aromatic N) is 4. The van der Waals surface area contributed by atoms with Gasteiger partial charge in [-0.2, -0.15) is 5.26 Å². The third-order valence-corrected chi connectivity index (χ3v) is 6.45. The molecule has 6 heteroatoms. The first-order valence-electron chi connectivity index (χ1n) is 10.8. The van der Waals surface area contributed by atoms with Crippen LogP contribution in [0.25, 0.3) is 0 Å². The molecule has 1 N–H and O–H groups in total. The van der Waals surface area contributed by atoms with Gasteiger partial charge in [-0.25, -0.2) is 9.78 Å². The molecule has 1 fully saturated rings. The second-order valence-electron chi connectivity index (χ2n) is 8.45. The van der Waals surface area contributed by atoms with Crippen LogP contribution in [0, 0.1) is 17.2 Å². The maximum absolute atomic E-state index is 12.9. The third-order valence-electron chi connectivity index (χ3n) is 6.45. The van der Waals surface area contributed by atoms with Gasteiger partial charge in [-0.1, -0.05) is 37.1 Å². The summed E-state index contributed by atoms with van der Waals surface area (Å²) >= 11 is 0. The van der Waals surface area contributed by atoms with Crippen molar-refractivity contribution in [2.24, 2.45) is 5.92 Å². The van der Waals surface area contributed by atoms with E-state index in [1.54, 1.807) is 6.20 Å². The number of pyridine rings is 1. The lowest BCUT2D eigenvalue weighted by Crippen LogP contribution is -2.42. The minimum Gasteiger partial charge on any atom is -0.348 e. The van der Waals surface area contributed by atoms with E-state index in [1.807, 2.05) is 24.1 Å². The largest absolute Gasteiger partial charge is 0.348 e. The zero-order chi connectivity index (χ0) is 20.9. The van der Waals surface area contributed by atoms with Crippen molar-refractivity contribution in [3.8, 4) is 6.07 Å². The Morgan fingerprint density at radius 1 is 1.27 bits per heavy atom. The zero-order valence-electron chi connectivity index (χ0n) is 17.6. The number of fused-ring (bicyclic) bond motifs is 1. The van der Waals surface area contributed by atoms with Crippen LogP contribution in [0.5, 0.6) is 0 Å². The van der Waals surface area contributed by atoms with Crippen LogP contribution in [-0.2, 0) is 13.1 Å². The molecule has 0 radical (unpaired) electrons. The Hall–Kier alpha value is -3.07. The van der Waals surface area contributed by atoms with Gasteiger partial charge in [-0.15, -0.1) is 0 Å².